The van der Waals surface area contributed by atoms with Crippen molar-refractivity contribution in [3.63, 3.8) is 0 Å². The first-order valence-electron chi connectivity index (χ1n) is 37.3. The molecule has 5 aliphatic heterocycles. The Morgan fingerprint density at radius 1 is 0.414 bits per heavy atom. The summed E-state index contributed by atoms with van der Waals surface area (Å²) in [6.45, 7) is 2.60. The molecule has 27 atom stereocenters. The van der Waals surface area contributed by atoms with Crippen LogP contribution in [0.3, 0.4) is 0 Å². The molecule has 0 aromatic carbocycles. The van der Waals surface area contributed by atoms with Gasteiger partial charge in [0.15, 0.2) is 31.5 Å². The third kappa shape index (κ3) is 28.2. The summed E-state index contributed by atoms with van der Waals surface area (Å²) < 4.78 is 59.2. The zero-order chi connectivity index (χ0) is 72.4. The number of carbonyl (C=O) groups excluding carboxylic acids is 2. The lowest BCUT2D eigenvalue weighted by Crippen LogP contribution is -2.70. The summed E-state index contributed by atoms with van der Waals surface area (Å²) in [5, 5.41) is 171. The maximum Gasteiger partial charge on any atom is 0.220 e. The fourth-order valence-corrected chi connectivity index (χ4v) is 13.5. The summed E-state index contributed by atoms with van der Waals surface area (Å²) >= 11 is 0. The Hall–Kier alpha value is -2.32. The number of amides is 2. The molecule has 5 saturated heterocycles. The molecule has 10 unspecified atom stereocenters. The number of hydrogen-bond acceptors (Lipinski definition) is 27. The molecule has 0 aromatic heterocycles. The van der Waals surface area contributed by atoms with E-state index in [0.717, 1.165) is 51.9 Å². The van der Waals surface area contributed by atoms with Gasteiger partial charge in [-0.1, -0.05) is 193 Å². The number of ether oxygens (including phenoxy) is 10. The molecule has 5 heterocycles. The van der Waals surface area contributed by atoms with Crippen LogP contribution >= 0.6 is 0 Å². The molecule has 0 aliphatic carbocycles. The van der Waals surface area contributed by atoms with Gasteiger partial charge in [-0.3, -0.25) is 9.59 Å². The van der Waals surface area contributed by atoms with Crippen molar-refractivity contribution in [2.45, 2.75) is 386 Å². The van der Waals surface area contributed by atoms with E-state index in [4.69, 9.17) is 47.4 Å². The third-order valence-electron chi connectivity index (χ3n) is 19.7. The Morgan fingerprint density at radius 2 is 0.818 bits per heavy atom. The van der Waals surface area contributed by atoms with Crippen molar-refractivity contribution < 1.29 is 134 Å². The van der Waals surface area contributed by atoms with Gasteiger partial charge in [-0.15, -0.1) is 0 Å². The van der Waals surface area contributed by atoms with Crippen molar-refractivity contribution in [3.8, 4) is 0 Å². The fourth-order valence-electron chi connectivity index (χ4n) is 13.5. The summed E-state index contributed by atoms with van der Waals surface area (Å²) in [5.74, 6) is -1.16. The summed E-state index contributed by atoms with van der Waals surface area (Å²) in [5.41, 5.74) is 0. The second-order valence-corrected chi connectivity index (χ2v) is 27.8. The van der Waals surface area contributed by atoms with Crippen LogP contribution in [0.5, 0.6) is 0 Å². The minimum absolute atomic E-state index is 0.193. The lowest BCUT2D eigenvalue weighted by Gasteiger charge is -2.50. The van der Waals surface area contributed by atoms with E-state index in [2.05, 4.69) is 24.5 Å². The highest BCUT2D eigenvalue weighted by Gasteiger charge is 2.57. The van der Waals surface area contributed by atoms with Gasteiger partial charge >= 0.3 is 0 Å². The monoisotopic (exact) mass is 1430 g/mol. The Labute approximate surface area is 585 Å². The zero-order valence-electron chi connectivity index (χ0n) is 59.1. The van der Waals surface area contributed by atoms with Crippen molar-refractivity contribution in [2.24, 2.45) is 0 Å². The lowest BCUT2D eigenvalue weighted by atomic mass is 9.94. The Bertz CT molecular complexity index is 2170. The molecular formula is C70H128N2O27. The number of allylic oxidation sites excluding steroid dienone is 1. The molecule has 5 rings (SSSR count). The van der Waals surface area contributed by atoms with E-state index in [1.165, 1.54) is 135 Å². The molecule has 29 nitrogen and oxygen atoms in total. The minimum atomic E-state index is -2.17. The maximum absolute atomic E-state index is 13.5. The highest BCUT2D eigenvalue weighted by molar-refractivity contribution is 5.76. The van der Waals surface area contributed by atoms with Crippen LogP contribution < -0.4 is 10.6 Å². The molecule has 0 spiro atoms. The van der Waals surface area contributed by atoms with E-state index >= 15 is 0 Å². The quantitative estimate of drug-likeness (QED) is 0.0302. The van der Waals surface area contributed by atoms with Crippen LogP contribution in [0.2, 0.25) is 0 Å². The van der Waals surface area contributed by atoms with Gasteiger partial charge < -0.3 is 135 Å². The van der Waals surface area contributed by atoms with Gasteiger partial charge in [0.25, 0.3) is 0 Å². The van der Waals surface area contributed by atoms with E-state index in [0.29, 0.717) is 12.8 Å². The number of nitrogens with one attached hydrogen (secondary N) is 2. The van der Waals surface area contributed by atoms with Crippen molar-refractivity contribution in [1.29, 1.82) is 0 Å². The van der Waals surface area contributed by atoms with Gasteiger partial charge in [0.05, 0.1) is 51.3 Å². The molecule has 17 N–H and O–H groups in total. The summed E-state index contributed by atoms with van der Waals surface area (Å²) in [6.07, 6.45) is -7.76. The average Bonchev–Trinajstić information content (AvgIpc) is 0.773. The summed E-state index contributed by atoms with van der Waals surface area (Å²) in [6, 6.07) is -2.81. The first-order chi connectivity index (χ1) is 47.7. The van der Waals surface area contributed by atoms with Gasteiger partial charge in [0.2, 0.25) is 11.8 Å². The molecule has 0 aromatic rings. The predicted molar refractivity (Wildman–Crippen MR) is 357 cm³/mol. The Morgan fingerprint density at radius 3 is 1.33 bits per heavy atom. The van der Waals surface area contributed by atoms with Crippen LogP contribution in [0.1, 0.15) is 220 Å². The molecular weight excluding hydrogens is 1300 g/mol. The molecule has 0 bridgehead atoms. The first-order valence-corrected chi connectivity index (χ1v) is 37.3. The molecule has 580 valence electrons. The molecule has 0 radical (unpaired) electrons. The van der Waals surface area contributed by atoms with E-state index in [9.17, 15) is 86.2 Å². The largest absolute Gasteiger partial charge is 0.394 e. The Balaban J connectivity index is 1.22. The highest BCUT2D eigenvalue weighted by atomic mass is 16.8. The van der Waals surface area contributed by atoms with Crippen molar-refractivity contribution in [2.75, 3.05) is 33.0 Å². The first kappa shape index (κ1) is 87.3. The summed E-state index contributed by atoms with van der Waals surface area (Å²) in [4.78, 5) is 26.5. The van der Waals surface area contributed by atoms with E-state index < -0.39 is 205 Å². The molecule has 0 saturated carbocycles. The smallest absolute Gasteiger partial charge is 0.220 e. The minimum Gasteiger partial charge on any atom is -0.394 e. The van der Waals surface area contributed by atoms with Gasteiger partial charge in [-0.25, -0.2) is 0 Å². The number of rotatable bonds is 49. The van der Waals surface area contributed by atoms with Crippen LogP contribution in [0.25, 0.3) is 0 Å². The SMILES string of the molecule is CCCCCCCCCCCCC/C=C/[C@@H](O)[C@H](CO[C@@H]1OC(CO)[C@@H](O[C@@H]2OC(CO)[C@H](O)[C@H](O[C@@H]3OC(CO)[C@@H](O)[C@H](O[C@@H]4OC(CO)[C@H](O)[C@H](O)C4O[C@H]4OC(C)[C@@H](O)C(O)[C@@H]4O)C3NC(C)=O)C2O)[C@H](O)C1O)NC(=O)CCCCCCCCCCCCCCCCCCC. The van der Waals surface area contributed by atoms with Gasteiger partial charge in [0.1, 0.15) is 116 Å². The van der Waals surface area contributed by atoms with Crippen LogP contribution in [-0.2, 0) is 57.0 Å². The van der Waals surface area contributed by atoms with Gasteiger partial charge in [0, 0.05) is 13.3 Å². The lowest BCUT2D eigenvalue weighted by molar-refractivity contribution is -0.390. The second-order valence-electron chi connectivity index (χ2n) is 27.8. The predicted octanol–water partition coefficient (Wildman–Crippen LogP) is 1.42. The van der Waals surface area contributed by atoms with Crippen LogP contribution in [0.4, 0.5) is 0 Å². The topological polar surface area (TPSA) is 454 Å². The molecule has 2 amide bonds. The molecule has 99 heavy (non-hydrogen) atoms. The standard InChI is InChI=1S/C70H128N2O27/c1-5-7-9-11-13-15-17-19-20-21-22-24-26-28-30-32-34-36-50(79)72-44(45(78)35-33-31-29-27-25-23-18-16-14-12-10-8-6-2)41-90-67-60(88)58(86)62(49(40-76)95-67)96-69-61(89)64(55(83)48(39-75)93-69)98-66-51(71-43(4)77)63(54(82)47(38-74)92-66)97-70-65(57(85)53(81)46(37-73)94-70)99-68-59(87)56(84)52(80)42(3)91-68/h33,35,42,44-49,51-70,73-76,78,80-89H,5-32,34,36-41H2,1-4H3,(H,71,77)(H,72,79)/b35-33+/t42?,44-,45+,46?,47?,48?,49?,51?,52+,53-,54+,55-,56?,57-,58+,59-,60?,61?,62+,63+,64-,65?,66-,67+,68+,69-,70-/m0/s1. The number of hydrogen-bond donors (Lipinski definition) is 17. The van der Waals surface area contributed by atoms with E-state index in [1.807, 2.05) is 6.08 Å². The number of unbranched alkanes of at least 4 members (excludes halogenated alkanes) is 27. The van der Waals surface area contributed by atoms with Gasteiger partial charge in [-0.2, -0.15) is 0 Å². The molecule has 29 heteroatoms. The summed E-state index contributed by atoms with van der Waals surface area (Å²) in [7, 11) is 0. The maximum atomic E-state index is 13.5. The van der Waals surface area contributed by atoms with Gasteiger partial charge in [-0.05, 0) is 26.2 Å². The van der Waals surface area contributed by atoms with Crippen molar-refractivity contribution in [1.82, 2.24) is 10.6 Å². The van der Waals surface area contributed by atoms with Crippen molar-refractivity contribution in [3.05, 3.63) is 12.2 Å². The van der Waals surface area contributed by atoms with Crippen LogP contribution in [0, 0.1) is 0 Å². The van der Waals surface area contributed by atoms with Crippen LogP contribution in [0.15, 0.2) is 12.2 Å². The fraction of sp³-hybridized carbons (Fsp3) is 0.943. The van der Waals surface area contributed by atoms with Crippen LogP contribution in [-0.4, -0.2) is 287 Å². The molecule has 5 fully saturated rings. The number of carbonyl (C=O) groups is 2. The molecule has 5 aliphatic rings. The number of aliphatic hydroxyl groups excluding tert-OH is 15. The number of aliphatic hydroxyl groups is 15. The van der Waals surface area contributed by atoms with E-state index in [-0.39, 0.29) is 12.3 Å². The zero-order valence-corrected chi connectivity index (χ0v) is 59.1. The second kappa shape index (κ2) is 48.0. The third-order valence-corrected chi connectivity index (χ3v) is 19.7. The Kier molecular flexibility index (Phi) is 42.3. The average molecular weight is 1430 g/mol. The van der Waals surface area contributed by atoms with E-state index in [1.54, 1.807) is 6.08 Å². The highest BCUT2D eigenvalue weighted by Crippen LogP contribution is 2.37. The normalized spacial score (nSPS) is 35.9. The van der Waals surface area contributed by atoms with Crippen molar-refractivity contribution >= 4 is 11.8 Å².